The number of thioether (sulfide) groups is 1. The van der Waals surface area contributed by atoms with Gasteiger partial charge in [0.25, 0.3) is 5.69 Å². The Bertz CT molecular complexity index is 718. The number of hydrogen-bond donors (Lipinski definition) is 3. The van der Waals surface area contributed by atoms with Gasteiger partial charge < -0.3 is 16.2 Å². The molecule has 0 aliphatic rings. The number of nitrogens with one attached hydrogen (secondary N) is 1. The summed E-state index contributed by atoms with van der Waals surface area (Å²) < 4.78 is 0. The van der Waals surface area contributed by atoms with E-state index in [0.29, 0.717) is 12.8 Å². The van der Waals surface area contributed by atoms with Gasteiger partial charge in [-0.05, 0) is 25.0 Å². The van der Waals surface area contributed by atoms with Crippen molar-refractivity contribution in [2.24, 2.45) is 11.1 Å². The number of carboxylic acid groups (broad SMARTS) is 1. The highest BCUT2D eigenvalue weighted by Crippen LogP contribution is 2.30. The summed E-state index contributed by atoms with van der Waals surface area (Å²) in [4.78, 5) is 45.2. The summed E-state index contributed by atoms with van der Waals surface area (Å²) in [7, 11) is 0. The van der Waals surface area contributed by atoms with Crippen molar-refractivity contribution >= 4 is 35.2 Å². The van der Waals surface area contributed by atoms with Crippen LogP contribution in [0, 0.1) is 15.5 Å². The van der Waals surface area contributed by atoms with Crippen molar-refractivity contribution in [3.63, 3.8) is 0 Å². The third-order valence-corrected chi connectivity index (χ3v) is 5.29. The molecule has 1 rings (SSSR count). The molecule has 4 N–H and O–H groups in total. The summed E-state index contributed by atoms with van der Waals surface area (Å²) in [5.74, 6) is -2.32. The molecule has 0 saturated heterocycles. The predicted molar refractivity (Wildman–Crippen MR) is 96.0 cm³/mol. The van der Waals surface area contributed by atoms with E-state index in [0.717, 1.165) is 17.8 Å². The Hall–Kier alpha value is -2.62. The number of amides is 2. The van der Waals surface area contributed by atoms with E-state index in [2.05, 4.69) is 5.32 Å². The molecule has 0 spiro atoms. The molecule has 142 valence electrons. The Morgan fingerprint density at radius 1 is 1.31 bits per heavy atom. The molecule has 0 aliphatic heterocycles. The molecule has 9 nitrogen and oxygen atoms in total. The summed E-state index contributed by atoms with van der Waals surface area (Å²) in [6, 6.07) is 3.77. The molecule has 0 radical (unpaired) electrons. The Morgan fingerprint density at radius 2 is 1.92 bits per heavy atom. The monoisotopic (exact) mass is 383 g/mol. The Kier molecular flexibility index (Phi) is 7.56. The number of nitro groups is 1. The first-order chi connectivity index (χ1) is 12.2. The van der Waals surface area contributed by atoms with E-state index in [1.807, 2.05) is 0 Å². The van der Waals surface area contributed by atoms with Gasteiger partial charge in [-0.3, -0.25) is 24.5 Å². The van der Waals surface area contributed by atoms with Crippen LogP contribution in [0.15, 0.2) is 23.1 Å². The second-order valence-corrected chi connectivity index (χ2v) is 6.68. The van der Waals surface area contributed by atoms with E-state index in [4.69, 9.17) is 5.73 Å². The number of hydrogen-bond acceptors (Lipinski definition) is 6. The number of primary amides is 1. The highest BCUT2D eigenvalue weighted by molar-refractivity contribution is 8.00. The van der Waals surface area contributed by atoms with E-state index in [9.17, 15) is 29.6 Å². The average Bonchev–Trinajstić information content (AvgIpc) is 2.60. The van der Waals surface area contributed by atoms with Gasteiger partial charge >= 0.3 is 5.97 Å². The highest BCUT2D eigenvalue weighted by atomic mass is 32.2. The van der Waals surface area contributed by atoms with Crippen LogP contribution in [-0.4, -0.2) is 40.1 Å². The van der Waals surface area contributed by atoms with Crippen LogP contribution in [0.2, 0.25) is 0 Å². The zero-order chi connectivity index (χ0) is 19.9. The molecule has 0 bridgehead atoms. The molecule has 0 fully saturated rings. The number of carbonyl (C=O) groups excluding carboxylic acids is 2. The van der Waals surface area contributed by atoms with Crippen molar-refractivity contribution in [2.75, 3.05) is 12.3 Å². The van der Waals surface area contributed by atoms with Gasteiger partial charge in [0.15, 0.2) is 0 Å². The van der Waals surface area contributed by atoms with Gasteiger partial charge in [-0.2, -0.15) is 0 Å². The van der Waals surface area contributed by atoms with Crippen LogP contribution in [0.3, 0.4) is 0 Å². The van der Waals surface area contributed by atoms with Gasteiger partial charge in [0, 0.05) is 18.2 Å². The Labute approximate surface area is 154 Å². The van der Waals surface area contributed by atoms with E-state index in [1.54, 1.807) is 13.8 Å². The molecule has 1 aromatic carbocycles. The number of aliphatic carboxylic acids is 1. The van der Waals surface area contributed by atoms with Crippen LogP contribution >= 0.6 is 11.8 Å². The van der Waals surface area contributed by atoms with E-state index < -0.39 is 28.1 Å². The van der Waals surface area contributed by atoms with Crippen LogP contribution < -0.4 is 11.1 Å². The maximum absolute atomic E-state index is 12.0. The van der Waals surface area contributed by atoms with Gasteiger partial charge in [-0.1, -0.05) is 13.8 Å². The van der Waals surface area contributed by atoms with Crippen molar-refractivity contribution < 1.29 is 24.4 Å². The molecule has 2 amide bonds. The van der Waals surface area contributed by atoms with Crippen LogP contribution in [0.4, 0.5) is 5.69 Å². The fourth-order valence-corrected chi connectivity index (χ4v) is 3.11. The molecule has 0 saturated carbocycles. The lowest BCUT2D eigenvalue weighted by atomic mass is 9.82. The number of nitrogens with two attached hydrogens (primary N) is 1. The first-order valence-electron chi connectivity index (χ1n) is 7.88. The molecule has 10 heteroatoms. The quantitative estimate of drug-likeness (QED) is 0.316. The lowest BCUT2D eigenvalue weighted by molar-refractivity contribution is -0.387. The number of nitro benzene ring substituents is 1. The van der Waals surface area contributed by atoms with Crippen molar-refractivity contribution in [3.05, 3.63) is 33.9 Å². The van der Waals surface area contributed by atoms with Gasteiger partial charge in [-0.25, -0.2) is 0 Å². The molecule has 1 aromatic rings. The molecular formula is C16H21N3O6S. The predicted octanol–water partition coefficient (Wildman–Crippen LogP) is 1.79. The number of carboxylic acids is 1. The molecule has 0 heterocycles. The van der Waals surface area contributed by atoms with Gasteiger partial charge in [0.1, 0.15) is 0 Å². The fraction of sp³-hybridized carbons (Fsp3) is 0.438. The van der Waals surface area contributed by atoms with E-state index >= 15 is 0 Å². The van der Waals surface area contributed by atoms with Gasteiger partial charge in [-0.15, -0.1) is 11.8 Å². The minimum Gasteiger partial charge on any atom is -0.481 e. The summed E-state index contributed by atoms with van der Waals surface area (Å²) >= 11 is 0.925. The van der Waals surface area contributed by atoms with Crippen molar-refractivity contribution in [2.45, 2.75) is 31.6 Å². The third-order valence-electron chi connectivity index (χ3n) is 4.23. The highest BCUT2D eigenvalue weighted by Gasteiger charge is 2.35. The van der Waals surface area contributed by atoms with E-state index in [1.165, 1.54) is 12.1 Å². The topological polar surface area (TPSA) is 153 Å². The second kappa shape index (κ2) is 9.18. The standard InChI is InChI=1S/C16H21N3O6S/c1-3-16(4-2,15(22)23)9-18-13(20)8-26-12-6-5-10(14(17)21)7-11(12)19(24)25/h5-7H,3-4,8-9H2,1-2H3,(H2,17,21)(H,18,20)(H,22,23). The number of carbonyl (C=O) groups is 3. The van der Waals surface area contributed by atoms with Crippen molar-refractivity contribution in [3.8, 4) is 0 Å². The zero-order valence-corrected chi connectivity index (χ0v) is 15.3. The molecular weight excluding hydrogens is 362 g/mol. The molecule has 26 heavy (non-hydrogen) atoms. The summed E-state index contributed by atoms with van der Waals surface area (Å²) in [6.07, 6.45) is 0.735. The number of rotatable bonds is 10. The minimum atomic E-state index is -1.03. The maximum Gasteiger partial charge on any atom is 0.311 e. The lowest BCUT2D eigenvalue weighted by Crippen LogP contribution is -2.42. The zero-order valence-electron chi connectivity index (χ0n) is 14.5. The second-order valence-electron chi connectivity index (χ2n) is 5.66. The molecule has 0 atom stereocenters. The molecule has 0 aromatic heterocycles. The largest absolute Gasteiger partial charge is 0.481 e. The molecule has 0 unspecified atom stereocenters. The van der Waals surface area contributed by atoms with Crippen LogP contribution in [0.1, 0.15) is 37.0 Å². The van der Waals surface area contributed by atoms with Crippen LogP contribution in [-0.2, 0) is 9.59 Å². The summed E-state index contributed by atoms with van der Waals surface area (Å²) in [5, 5.41) is 23.0. The summed E-state index contributed by atoms with van der Waals surface area (Å²) in [5.41, 5.74) is 3.76. The van der Waals surface area contributed by atoms with Crippen molar-refractivity contribution in [1.82, 2.24) is 5.32 Å². The van der Waals surface area contributed by atoms with Crippen LogP contribution in [0.5, 0.6) is 0 Å². The summed E-state index contributed by atoms with van der Waals surface area (Å²) in [6.45, 7) is 3.46. The van der Waals surface area contributed by atoms with Crippen LogP contribution in [0.25, 0.3) is 0 Å². The SMILES string of the molecule is CCC(CC)(CNC(=O)CSc1ccc(C(N)=O)cc1[N+](=O)[O-])C(=O)O. The molecule has 0 aliphatic carbocycles. The first kappa shape index (κ1) is 21.4. The number of nitrogens with zero attached hydrogens (tertiary/aromatic N) is 1. The normalized spacial score (nSPS) is 11.0. The third kappa shape index (κ3) is 5.19. The number of benzene rings is 1. The first-order valence-corrected chi connectivity index (χ1v) is 8.86. The lowest BCUT2D eigenvalue weighted by Gasteiger charge is -2.26. The van der Waals surface area contributed by atoms with Gasteiger partial charge in [0.2, 0.25) is 11.8 Å². The fourth-order valence-electron chi connectivity index (χ4n) is 2.28. The Balaban J connectivity index is 2.77. The van der Waals surface area contributed by atoms with Gasteiger partial charge in [0.05, 0.1) is 21.0 Å². The Morgan fingerprint density at radius 3 is 2.38 bits per heavy atom. The average molecular weight is 383 g/mol. The maximum atomic E-state index is 12.0. The minimum absolute atomic E-state index is 0.00244. The van der Waals surface area contributed by atoms with E-state index in [-0.39, 0.29) is 28.4 Å². The smallest absolute Gasteiger partial charge is 0.311 e. The van der Waals surface area contributed by atoms with Crippen molar-refractivity contribution in [1.29, 1.82) is 0 Å².